The number of carbonyl (C=O) groups is 1. The van der Waals surface area contributed by atoms with E-state index in [0.717, 1.165) is 17.4 Å². The molecule has 1 aromatic carbocycles. The van der Waals surface area contributed by atoms with Gasteiger partial charge in [0.15, 0.2) is 0 Å². The van der Waals surface area contributed by atoms with Gasteiger partial charge in [-0.2, -0.15) is 0 Å². The zero-order valence-electron chi connectivity index (χ0n) is 10.7. The van der Waals surface area contributed by atoms with E-state index in [2.05, 4.69) is 0 Å². The largest absolute Gasteiger partial charge is 0.478 e. The molecular weight excluding hydrogens is 269 g/mol. The Kier molecular flexibility index (Phi) is 3.28. The van der Waals surface area contributed by atoms with Crippen molar-refractivity contribution in [3.8, 4) is 0 Å². The molecule has 1 heterocycles. The van der Waals surface area contributed by atoms with E-state index in [1.54, 1.807) is 25.9 Å². The highest BCUT2D eigenvalue weighted by molar-refractivity contribution is 7.17. The molecule has 19 heavy (non-hydrogen) atoms. The molecule has 0 saturated carbocycles. The molecule has 100 valence electrons. The molecule has 6 heteroatoms. The van der Waals surface area contributed by atoms with Gasteiger partial charge in [0.25, 0.3) is 0 Å². The molecule has 0 atom stereocenters. The summed E-state index contributed by atoms with van der Waals surface area (Å²) >= 11 is 1.14. The molecule has 0 spiro atoms. The molecule has 2 aromatic rings. The molecule has 0 saturated heterocycles. The number of fused-ring (bicyclic) bond motifs is 1. The molecule has 0 aliphatic rings. The Morgan fingerprint density at radius 3 is 2.58 bits per heavy atom. The van der Waals surface area contributed by atoms with Crippen LogP contribution < -0.4 is 10.3 Å². The lowest BCUT2D eigenvalue weighted by Crippen LogP contribution is -2.16. The number of aryl methyl sites for hydroxylation is 1. The fourth-order valence-corrected chi connectivity index (χ4v) is 3.08. The number of carboxylic acids is 1. The number of benzene rings is 1. The van der Waals surface area contributed by atoms with Crippen molar-refractivity contribution in [3.63, 3.8) is 0 Å². The van der Waals surface area contributed by atoms with Gasteiger partial charge in [0.2, 0.25) is 5.43 Å². The first-order valence-corrected chi connectivity index (χ1v) is 6.37. The smallest absolute Gasteiger partial charge is 0.340 e. The van der Waals surface area contributed by atoms with Crippen molar-refractivity contribution >= 4 is 33.1 Å². The maximum Gasteiger partial charge on any atom is 0.340 e. The lowest BCUT2D eigenvalue weighted by atomic mass is 10.1. The summed E-state index contributed by atoms with van der Waals surface area (Å²) < 4.78 is 14.6. The van der Waals surface area contributed by atoms with Gasteiger partial charge in [-0.3, -0.25) is 4.79 Å². The molecule has 0 unspecified atom stereocenters. The summed E-state index contributed by atoms with van der Waals surface area (Å²) in [4.78, 5) is 24.5. The van der Waals surface area contributed by atoms with Gasteiger partial charge in [-0.05, 0) is 18.6 Å². The highest BCUT2D eigenvalue weighted by Crippen LogP contribution is 2.31. The number of carboxylic acid groups (broad SMARTS) is 1. The van der Waals surface area contributed by atoms with Crippen LogP contribution in [0.3, 0.4) is 0 Å². The third-order valence-corrected chi connectivity index (χ3v) is 4.01. The number of rotatable bonds is 2. The average molecular weight is 281 g/mol. The van der Waals surface area contributed by atoms with Gasteiger partial charge in [0.05, 0.1) is 5.69 Å². The van der Waals surface area contributed by atoms with Crippen LogP contribution in [0.15, 0.2) is 16.2 Å². The minimum atomic E-state index is -1.29. The summed E-state index contributed by atoms with van der Waals surface area (Å²) in [7, 11) is 3.43. The first-order chi connectivity index (χ1) is 8.84. The fourth-order valence-electron chi connectivity index (χ4n) is 2.08. The average Bonchev–Trinajstić information content (AvgIpc) is 2.29. The standard InChI is InChI=1S/C13H12FNO3S/c1-6-10(15(2)3)9(14)4-7-11(16)8(13(17)18)5-19-12(6)7/h4-5H,1-3H3,(H,17,18). The zero-order chi connectivity index (χ0) is 14.3. The second kappa shape index (κ2) is 4.62. The van der Waals surface area contributed by atoms with Gasteiger partial charge >= 0.3 is 5.97 Å². The van der Waals surface area contributed by atoms with E-state index in [4.69, 9.17) is 5.11 Å². The summed E-state index contributed by atoms with van der Waals surface area (Å²) in [5.41, 5.74) is 0.0766. The van der Waals surface area contributed by atoms with Crippen molar-refractivity contribution < 1.29 is 14.3 Å². The number of hydrogen-bond acceptors (Lipinski definition) is 4. The van der Waals surface area contributed by atoms with Gasteiger partial charge in [-0.25, -0.2) is 9.18 Å². The van der Waals surface area contributed by atoms with Gasteiger partial charge in [-0.1, -0.05) is 0 Å². The number of anilines is 1. The van der Waals surface area contributed by atoms with E-state index in [9.17, 15) is 14.0 Å². The zero-order valence-corrected chi connectivity index (χ0v) is 11.5. The predicted molar refractivity (Wildman–Crippen MR) is 74.1 cm³/mol. The highest BCUT2D eigenvalue weighted by atomic mass is 32.1. The molecule has 0 aliphatic heterocycles. The maximum atomic E-state index is 14.0. The molecule has 0 radical (unpaired) electrons. The summed E-state index contributed by atoms with van der Waals surface area (Å²) in [6, 6.07) is 1.11. The van der Waals surface area contributed by atoms with Gasteiger partial charge in [-0.15, -0.1) is 11.3 Å². The molecule has 0 bridgehead atoms. The second-order valence-electron chi connectivity index (χ2n) is 4.39. The monoisotopic (exact) mass is 281 g/mol. The lowest BCUT2D eigenvalue weighted by Gasteiger charge is -2.17. The topological polar surface area (TPSA) is 57.6 Å². The van der Waals surface area contributed by atoms with Gasteiger partial charge in [0.1, 0.15) is 11.4 Å². The molecule has 0 fully saturated rings. The number of hydrogen-bond donors (Lipinski definition) is 1. The molecule has 0 amide bonds. The normalized spacial score (nSPS) is 10.7. The van der Waals surface area contributed by atoms with E-state index < -0.39 is 17.2 Å². The number of nitrogens with zero attached hydrogens (tertiary/aromatic N) is 1. The van der Waals surface area contributed by atoms with Crippen molar-refractivity contribution in [1.82, 2.24) is 0 Å². The van der Waals surface area contributed by atoms with Crippen molar-refractivity contribution in [2.24, 2.45) is 0 Å². The van der Waals surface area contributed by atoms with Crippen molar-refractivity contribution in [2.75, 3.05) is 19.0 Å². The summed E-state index contributed by atoms with van der Waals surface area (Å²) in [5, 5.41) is 10.3. The third kappa shape index (κ3) is 2.08. The van der Waals surface area contributed by atoms with Crippen LogP contribution in [0.5, 0.6) is 0 Å². The van der Waals surface area contributed by atoms with E-state index in [-0.39, 0.29) is 10.9 Å². The quantitative estimate of drug-likeness (QED) is 0.918. The van der Waals surface area contributed by atoms with Crippen LogP contribution in [-0.2, 0) is 0 Å². The van der Waals surface area contributed by atoms with Crippen LogP contribution in [-0.4, -0.2) is 25.2 Å². The number of halogens is 1. The van der Waals surface area contributed by atoms with E-state index >= 15 is 0 Å². The van der Waals surface area contributed by atoms with Crippen molar-refractivity contribution in [2.45, 2.75) is 6.92 Å². The minimum absolute atomic E-state index is 0.116. The fraction of sp³-hybridized carbons (Fsp3) is 0.231. The Labute approximate surface area is 112 Å². The Bertz CT molecular complexity index is 737. The van der Waals surface area contributed by atoms with Crippen LogP contribution in [0.1, 0.15) is 15.9 Å². The SMILES string of the molecule is Cc1c(N(C)C)c(F)cc2c(=O)c(C(=O)O)csc12. The first kappa shape index (κ1) is 13.5. The molecule has 1 aromatic heterocycles. The Hall–Kier alpha value is -1.95. The molecule has 2 rings (SSSR count). The summed E-state index contributed by atoms with van der Waals surface area (Å²) in [6.07, 6.45) is 0. The first-order valence-electron chi connectivity index (χ1n) is 5.49. The second-order valence-corrected chi connectivity index (χ2v) is 5.27. The van der Waals surface area contributed by atoms with Crippen LogP contribution in [0, 0.1) is 12.7 Å². The maximum absolute atomic E-state index is 14.0. The predicted octanol–water partition coefficient (Wildman–Crippen LogP) is 2.47. The van der Waals surface area contributed by atoms with Crippen molar-refractivity contribution in [3.05, 3.63) is 38.6 Å². The van der Waals surface area contributed by atoms with Crippen molar-refractivity contribution in [1.29, 1.82) is 0 Å². The van der Waals surface area contributed by atoms with Crippen LogP contribution >= 0.6 is 11.3 Å². The summed E-state index contributed by atoms with van der Waals surface area (Å²) in [5.74, 6) is -1.82. The number of aromatic carboxylic acids is 1. The Morgan fingerprint density at radius 1 is 1.42 bits per heavy atom. The Morgan fingerprint density at radius 2 is 2.05 bits per heavy atom. The molecule has 4 nitrogen and oxygen atoms in total. The van der Waals surface area contributed by atoms with Crippen LogP contribution in [0.2, 0.25) is 0 Å². The van der Waals surface area contributed by atoms with E-state index in [1.807, 2.05) is 0 Å². The minimum Gasteiger partial charge on any atom is -0.478 e. The molecule has 1 N–H and O–H groups in total. The van der Waals surface area contributed by atoms with E-state index in [0.29, 0.717) is 16.0 Å². The molecule has 0 aliphatic carbocycles. The highest BCUT2D eigenvalue weighted by Gasteiger charge is 2.18. The summed E-state index contributed by atoms with van der Waals surface area (Å²) in [6.45, 7) is 1.72. The van der Waals surface area contributed by atoms with Crippen LogP contribution in [0.25, 0.3) is 10.1 Å². The molecular formula is C13H12FNO3S. The van der Waals surface area contributed by atoms with Crippen LogP contribution in [0.4, 0.5) is 10.1 Å². The van der Waals surface area contributed by atoms with E-state index in [1.165, 1.54) is 5.38 Å². The third-order valence-electron chi connectivity index (χ3n) is 2.90. The lowest BCUT2D eigenvalue weighted by molar-refractivity contribution is 0.0696. The van der Waals surface area contributed by atoms with Gasteiger partial charge in [0, 0.05) is 29.6 Å². The Balaban J connectivity index is 2.93. The van der Waals surface area contributed by atoms with Gasteiger partial charge < -0.3 is 10.0 Å².